The van der Waals surface area contributed by atoms with Crippen molar-refractivity contribution in [3.63, 3.8) is 0 Å². The van der Waals surface area contributed by atoms with Crippen LogP contribution in [0.1, 0.15) is 29.5 Å². The van der Waals surface area contributed by atoms with Gasteiger partial charge in [-0.05, 0) is 55.8 Å². The Kier molecular flexibility index (Phi) is 6.61. The van der Waals surface area contributed by atoms with Crippen LogP contribution in [0.25, 0.3) is 0 Å². The van der Waals surface area contributed by atoms with Crippen molar-refractivity contribution in [2.75, 3.05) is 4.72 Å². The van der Waals surface area contributed by atoms with Gasteiger partial charge in [0.15, 0.2) is 0 Å². The Morgan fingerprint density at radius 1 is 1.10 bits per heavy atom. The molecule has 0 saturated heterocycles. The number of nitrogens with one attached hydrogen (secondary N) is 2. The molecule has 152 valence electrons. The van der Waals surface area contributed by atoms with Gasteiger partial charge in [-0.25, -0.2) is 8.42 Å². The standard InChI is InChI=1S/C21H21ClN2O4S/c1-15(11-12-17-7-5-13-28-17)23-21(25)16-6-4-8-18(14-16)29(26,27)24-20-10-3-2-9-19(20)22/h2-10,13-15,24H,11-12H2,1H3,(H,23,25). The average Bonchev–Trinajstić information content (AvgIpc) is 3.22. The molecule has 0 radical (unpaired) electrons. The van der Waals surface area contributed by atoms with Crippen molar-refractivity contribution in [2.24, 2.45) is 0 Å². The van der Waals surface area contributed by atoms with Crippen LogP contribution in [0, 0.1) is 0 Å². The van der Waals surface area contributed by atoms with Crippen LogP contribution in [-0.2, 0) is 16.4 Å². The first kappa shape index (κ1) is 21.0. The number of benzene rings is 2. The highest BCUT2D eigenvalue weighted by Gasteiger charge is 2.18. The molecule has 1 atom stereocenters. The highest BCUT2D eigenvalue weighted by Crippen LogP contribution is 2.24. The third kappa shape index (κ3) is 5.62. The minimum atomic E-state index is -3.89. The fraction of sp³-hybridized carbons (Fsp3) is 0.190. The molecular weight excluding hydrogens is 412 g/mol. The molecule has 1 unspecified atom stereocenters. The molecule has 0 saturated carbocycles. The Labute approximate surface area is 174 Å². The van der Waals surface area contributed by atoms with Gasteiger partial charge in [0.2, 0.25) is 0 Å². The molecule has 3 aromatic rings. The van der Waals surface area contributed by atoms with Gasteiger partial charge >= 0.3 is 0 Å². The van der Waals surface area contributed by atoms with Gasteiger partial charge in [0.25, 0.3) is 15.9 Å². The Morgan fingerprint density at radius 2 is 1.90 bits per heavy atom. The lowest BCUT2D eigenvalue weighted by Gasteiger charge is -2.14. The molecule has 29 heavy (non-hydrogen) atoms. The molecule has 0 spiro atoms. The zero-order chi connectivity index (χ0) is 20.9. The van der Waals surface area contributed by atoms with Gasteiger partial charge in [-0.15, -0.1) is 0 Å². The van der Waals surface area contributed by atoms with Gasteiger partial charge in [-0.2, -0.15) is 0 Å². The van der Waals surface area contributed by atoms with Crippen LogP contribution in [0.4, 0.5) is 5.69 Å². The molecule has 3 rings (SSSR count). The number of hydrogen-bond donors (Lipinski definition) is 2. The van der Waals surface area contributed by atoms with Crippen LogP contribution < -0.4 is 10.0 Å². The first-order valence-electron chi connectivity index (χ1n) is 9.06. The fourth-order valence-electron chi connectivity index (χ4n) is 2.75. The van der Waals surface area contributed by atoms with E-state index in [9.17, 15) is 13.2 Å². The second-order valence-corrected chi connectivity index (χ2v) is 8.70. The van der Waals surface area contributed by atoms with E-state index >= 15 is 0 Å². The Hall–Kier alpha value is -2.77. The van der Waals surface area contributed by atoms with E-state index in [2.05, 4.69) is 10.0 Å². The minimum Gasteiger partial charge on any atom is -0.469 e. The van der Waals surface area contributed by atoms with E-state index < -0.39 is 10.0 Å². The summed E-state index contributed by atoms with van der Waals surface area (Å²) in [4.78, 5) is 12.5. The first-order chi connectivity index (χ1) is 13.8. The van der Waals surface area contributed by atoms with Crippen LogP contribution in [0.15, 0.2) is 76.2 Å². The van der Waals surface area contributed by atoms with Gasteiger partial charge in [-0.1, -0.05) is 29.8 Å². The number of para-hydroxylation sites is 1. The molecule has 0 fully saturated rings. The summed E-state index contributed by atoms with van der Waals surface area (Å²) in [7, 11) is -3.89. The van der Waals surface area contributed by atoms with Crippen molar-refractivity contribution in [3.05, 3.63) is 83.3 Å². The van der Waals surface area contributed by atoms with Crippen molar-refractivity contribution >= 4 is 33.2 Å². The number of amides is 1. The topological polar surface area (TPSA) is 88.4 Å². The maximum Gasteiger partial charge on any atom is 0.261 e. The van der Waals surface area contributed by atoms with E-state index in [1.165, 1.54) is 18.2 Å². The maximum atomic E-state index is 12.7. The number of sulfonamides is 1. The number of carbonyl (C=O) groups is 1. The second-order valence-electron chi connectivity index (χ2n) is 6.61. The van der Waals surface area contributed by atoms with Gasteiger partial charge in [0.05, 0.1) is 21.9 Å². The number of aryl methyl sites for hydroxylation is 1. The Morgan fingerprint density at radius 3 is 2.62 bits per heavy atom. The molecule has 8 heteroatoms. The van der Waals surface area contributed by atoms with Crippen LogP contribution in [0.5, 0.6) is 0 Å². The van der Waals surface area contributed by atoms with E-state index in [1.54, 1.807) is 36.6 Å². The van der Waals surface area contributed by atoms with Gasteiger partial charge < -0.3 is 9.73 Å². The van der Waals surface area contributed by atoms with E-state index in [0.717, 1.165) is 5.76 Å². The summed E-state index contributed by atoms with van der Waals surface area (Å²) in [6.07, 6.45) is 3.01. The van der Waals surface area contributed by atoms with Crippen molar-refractivity contribution in [1.82, 2.24) is 5.32 Å². The first-order valence-corrected chi connectivity index (χ1v) is 10.9. The SMILES string of the molecule is CC(CCc1ccco1)NC(=O)c1cccc(S(=O)(=O)Nc2ccccc2Cl)c1. The number of furan rings is 1. The molecule has 6 nitrogen and oxygen atoms in total. The van der Waals surface area contributed by atoms with Crippen LogP contribution in [0.3, 0.4) is 0 Å². The maximum absolute atomic E-state index is 12.7. The summed E-state index contributed by atoms with van der Waals surface area (Å²) in [6, 6.07) is 16.0. The third-order valence-corrected chi connectivity index (χ3v) is 6.00. The number of anilines is 1. The molecule has 1 aromatic heterocycles. The average molecular weight is 433 g/mol. The lowest BCUT2D eigenvalue weighted by Crippen LogP contribution is -2.33. The Balaban J connectivity index is 1.67. The number of hydrogen-bond acceptors (Lipinski definition) is 4. The molecule has 1 heterocycles. The molecule has 0 aliphatic rings. The predicted octanol–water partition coefficient (Wildman–Crippen LogP) is 4.48. The molecule has 0 bridgehead atoms. The normalized spacial score (nSPS) is 12.3. The van der Waals surface area contributed by atoms with E-state index in [4.69, 9.17) is 16.0 Å². The quantitative estimate of drug-likeness (QED) is 0.549. The van der Waals surface area contributed by atoms with Crippen LogP contribution in [-0.4, -0.2) is 20.4 Å². The van der Waals surface area contributed by atoms with Crippen LogP contribution in [0.2, 0.25) is 5.02 Å². The zero-order valence-corrected chi connectivity index (χ0v) is 17.3. The second kappa shape index (κ2) is 9.15. The fourth-order valence-corrected chi connectivity index (χ4v) is 4.11. The highest BCUT2D eigenvalue weighted by atomic mass is 35.5. The highest BCUT2D eigenvalue weighted by molar-refractivity contribution is 7.92. The number of carbonyl (C=O) groups excluding carboxylic acids is 1. The molecule has 0 aliphatic heterocycles. The summed E-state index contributed by atoms with van der Waals surface area (Å²) in [5.74, 6) is 0.511. The largest absolute Gasteiger partial charge is 0.469 e. The third-order valence-electron chi connectivity index (χ3n) is 4.31. The molecular formula is C21H21ClN2O4S. The van der Waals surface area contributed by atoms with E-state index in [1.807, 2.05) is 19.1 Å². The lowest BCUT2D eigenvalue weighted by molar-refractivity contribution is 0.0938. The predicted molar refractivity (Wildman–Crippen MR) is 113 cm³/mol. The van der Waals surface area contributed by atoms with Gasteiger partial charge in [0, 0.05) is 18.0 Å². The van der Waals surface area contributed by atoms with Crippen molar-refractivity contribution < 1.29 is 17.6 Å². The summed E-state index contributed by atoms with van der Waals surface area (Å²) < 4.78 is 33.1. The molecule has 0 aliphatic carbocycles. The van der Waals surface area contributed by atoms with E-state index in [0.29, 0.717) is 12.8 Å². The zero-order valence-electron chi connectivity index (χ0n) is 15.8. The van der Waals surface area contributed by atoms with Crippen molar-refractivity contribution in [1.29, 1.82) is 0 Å². The van der Waals surface area contributed by atoms with Crippen molar-refractivity contribution in [2.45, 2.75) is 30.7 Å². The lowest BCUT2D eigenvalue weighted by atomic mass is 10.1. The summed E-state index contributed by atoms with van der Waals surface area (Å²) >= 11 is 6.03. The minimum absolute atomic E-state index is 0.0201. The van der Waals surface area contributed by atoms with E-state index in [-0.39, 0.29) is 33.1 Å². The van der Waals surface area contributed by atoms with Crippen molar-refractivity contribution in [3.8, 4) is 0 Å². The summed E-state index contributed by atoms with van der Waals surface area (Å²) in [5, 5.41) is 3.17. The smallest absolute Gasteiger partial charge is 0.261 e. The number of rotatable bonds is 8. The van der Waals surface area contributed by atoms with Gasteiger partial charge in [0.1, 0.15) is 5.76 Å². The Bertz CT molecular complexity index is 1080. The molecule has 2 aromatic carbocycles. The summed E-state index contributed by atoms with van der Waals surface area (Å²) in [5.41, 5.74) is 0.535. The van der Waals surface area contributed by atoms with Crippen LogP contribution >= 0.6 is 11.6 Å². The van der Waals surface area contributed by atoms with Gasteiger partial charge in [-0.3, -0.25) is 9.52 Å². The monoisotopic (exact) mass is 432 g/mol. The molecule has 2 N–H and O–H groups in total. The summed E-state index contributed by atoms with van der Waals surface area (Å²) in [6.45, 7) is 1.89. The number of halogens is 1. The molecule has 1 amide bonds.